The molecule has 2 amide bonds. The molecule has 2 aliphatic rings. The van der Waals surface area contributed by atoms with Crippen molar-refractivity contribution in [3.63, 3.8) is 0 Å². The number of carbonyl (C=O) groups excluding carboxylic acids is 2. The van der Waals surface area contributed by atoms with E-state index >= 15 is 0 Å². The van der Waals surface area contributed by atoms with E-state index in [9.17, 15) is 9.59 Å². The normalized spacial score (nSPS) is 22.7. The van der Waals surface area contributed by atoms with Crippen molar-refractivity contribution in [1.82, 2.24) is 5.48 Å². The van der Waals surface area contributed by atoms with Gasteiger partial charge in [0.05, 0.1) is 4.75 Å². The Hall–Kier alpha value is -1.87. The van der Waals surface area contributed by atoms with E-state index in [1.807, 2.05) is 43.8 Å². The van der Waals surface area contributed by atoms with Crippen molar-refractivity contribution in [3.8, 4) is 10.4 Å². The zero-order valence-electron chi connectivity index (χ0n) is 20.6. The third-order valence-electron chi connectivity index (χ3n) is 6.32. The highest BCUT2D eigenvalue weighted by Crippen LogP contribution is 2.51. The molecule has 2 atom stereocenters. The monoisotopic (exact) mass is 516 g/mol. The van der Waals surface area contributed by atoms with Crippen LogP contribution in [0.25, 0.3) is 10.4 Å². The van der Waals surface area contributed by atoms with Crippen LogP contribution in [0.2, 0.25) is 0 Å². The van der Waals surface area contributed by atoms with Crippen molar-refractivity contribution in [1.29, 1.82) is 0 Å². The van der Waals surface area contributed by atoms with E-state index in [4.69, 9.17) is 9.57 Å². The Balaban J connectivity index is 1.45. The van der Waals surface area contributed by atoms with Gasteiger partial charge in [-0.25, -0.2) is 10.3 Å². The summed E-state index contributed by atoms with van der Waals surface area (Å²) in [6.45, 7) is 4.76. The van der Waals surface area contributed by atoms with Crippen molar-refractivity contribution in [2.24, 2.45) is 5.92 Å². The van der Waals surface area contributed by atoms with Gasteiger partial charge < -0.3 is 10.1 Å². The summed E-state index contributed by atoms with van der Waals surface area (Å²) in [6, 6.07) is 12.3. The molecule has 2 aliphatic heterocycles. The van der Waals surface area contributed by atoms with Gasteiger partial charge in [-0.2, -0.15) is 0 Å². The van der Waals surface area contributed by atoms with Gasteiger partial charge in [0.1, 0.15) is 0 Å². The number of hydrogen-bond donors (Lipinski definition) is 2. The predicted octanol–water partition coefficient (Wildman–Crippen LogP) is 6.48. The molecule has 0 radical (unpaired) electrons. The molecule has 35 heavy (non-hydrogen) atoms. The second kappa shape index (κ2) is 12.4. The summed E-state index contributed by atoms with van der Waals surface area (Å²) in [5.41, 5.74) is 4.54. The number of anilines is 1. The lowest BCUT2D eigenvalue weighted by molar-refractivity contribution is -0.200. The predicted molar refractivity (Wildman–Crippen MR) is 143 cm³/mol. The minimum atomic E-state index is -0.343. The maximum absolute atomic E-state index is 12.9. The van der Waals surface area contributed by atoms with Gasteiger partial charge in [0.2, 0.25) is 11.8 Å². The molecule has 2 fully saturated rings. The molecule has 190 valence electrons. The van der Waals surface area contributed by atoms with Gasteiger partial charge in [-0.3, -0.25) is 9.59 Å². The molecule has 1 aromatic heterocycles. The summed E-state index contributed by atoms with van der Waals surface area (Å²) in [5, 5.41) is 3.01. The van der Waals surface area contributed by atoms with E-state index in [1.54, 1.807) is 11.3 Å². The summed E-state index contributed by atoms with van der Waals surface area (Å²) >= 11 is 3.62. The zero-order valence-corrected chi connectivity index (χ0v) is 22.3. The van der Waals surface area contributed by atoms with Gasteiger partial charge in [-0.1, -0.05) is 32.4 Å². The standard InChI is InChI=1S/C27H36N2O4S2/c1-19(2)16-24(30)28-21-9-7-8-20(17-21)22-11-12-23(35-22)27(13-4-6-15-34-27)18-25(31)29-33-26-10-3-5-14-32-26/h7-9,11-12,17,19,26H,3-6,10,13-16,18H2,1-2H3,(H,28,30)(H,29,31)/t26?,27-/m0/s1. The highest BCUT2D eigenvalue weighted by atomic mass is 32.2. The second-order valence-electron chi connectivity index (χ2n) is 9.81. The van der Waals surface area contributed by atoms with Gasteiger partial charge in [-0.15, -0.1) is 23.1 Å². The first-order valence-corrected chi connectivity index (χ1v) is 14.4. The molecule has 4 rings (SSSR count). The van der Waals surface area contributed by atoms with E-state index in [0.29, 0.717) is 25.4 Å². The van der Waals surface area contributed by atoms with Crippen LogP contribution in [0.5, 0.6) is 0 Å². The first-order chi connectivity index (χ1) is 16.9. The van der Waals surface area contributed by atoms with Gasteiger partial charge >= 0.3 is 0 Å². The van der Waals surface area contributed by atoms with Gasteiger partial charge in [-0.05, 0) is 67.2 Å². The first kappa shape index (κ1) is 26.2. The van der Waals surface area contributed by atoms with Gasteiger partial charge in [0.15, 0.2) is 6.29 Å². The zero-order chi connectivity index (χ0) is 24.7. The third-order valence-corrected chi connectivity index (χ3v) is 9.40. The number of amides is 2. The molecular weight excluding hydrogens is 480 g/mol. The van der Waals surface area contributed by atoms with Crippen LogP contribution < -0.4 is 10.8 Å². The molecule has 2 N–H and O–H groups in total. The number of ether oxygens (including phenoxy) is 1. The number of carbonyl (C=O) groups is 2. The number of nitrogens with one attached hydrogen (secondary N) is 2. The average Bonchev–Trinajstić information content (AvgIpc) is 3.35. The van der Waals surface area contributed by atoms with Crippen LogP contribution in [0.15, 0.2) is 36.4 Å². The highest BCUT2D eigenvalue weighted by molar-refractivity contribution is 8.00. The third kappa shape index (κ3) is 7.32. The number of thiophene rings is 1. The molecule has 8 heteroatoms. The van der Waals surface area contributed by atoms with Crippen molar-refractivity contribution in [2.45, 2.75) is 76.3 Å². The smallest absolute Gasteiger partial charge is 0.245 e. The Morgan fingerprint density at radius 3 is 2.77 bits per heavy atom. The molecule has 2 aromatic rings. The molecule has 1 unspecified atom stereocenters. The van der Waals surface area contributed by atoms with E-state index in [1.165, 1.54) is 11.3 Å². The lowest BCUT2D eigenvalue weighted by atomic mass is 9.94. The van der Waals surface area contributed by atoms with E-state index in [-0.39, 0.29) is 22.9 Å². The van der Waals surface area contributed by atoms with E-state index in [2.05, 4.69) is 29.0 Å². The van der Waals surface area contributed by atoms with Crippen LogP contribution in [-0.4, -0.2) is 30.5 Å². The van der Waals surface area contributed by atoms with Crippen molar-refractivity contribution >= 4 is 40.6 Å². The molecule has 2 saturated heterocycles. The maximum atomic E-state index is 12.9. The summed E-state index contributed by atoms with van der Waals surface area (Å²) in [7, 11) is 0. The summed E-state index contributed by atoms with van der Waals surface area (Å²) in [5.74, 6) is 1.30. The Labute approximate surface area is 216 Å². The Morgan fingerprint density at radius 2 is 2.03 bits per heavy atom. The van der Waals surface area contributed by atoms with Crippen LogP contribution in [0, 0.1) is 5.92 Å². The summed E-state index contributed by atoms with van der Waals surface area (Å²) in [6.07, 6.45) is 6.71. The molecular formula is C27H36N2O4S2. The molecule has 0 bridgehead atoms. The van der Waals surface area contributed by atoms with Crippen molar-refractivity contribution in [2.75, 3.05) is 17.7 Å². The number of rotatable bonds is 9. The fourth-order valence-corrected chi connectivity index (χ4v) is 7.46. The Bertz CT molecular complexity index is 995. The first-order valence-electron chi connectivity index (χ1n) is 12.6. The van der Waals surface area contributed by atoms with Gasteiger partial charge in [0, 0.05) is 41.3 Å². The van der Waals surface area contributed by atoms with Crippen molar-refractivity contribution in [3.05, 3.63) is 41.3 Å². The number of hydroxylamine groups is 1. The summed E-state index contributed by atoms with van der Waals surface area (Å²) < 4.78 is 5.32. The topological polar surface area (TPSA) is 76.7 Å². The maximum Gasteiger partial charge on any atom is 0.245 e. The van der Waals surface area contributed by atoms with Crippen LogP contribution in [0.4, 0.5) is 5.69 Å². The molecule has 0 aliphatic carbocycles. The van der Waals surface area contributed by atoms with E-state index in [0.717, 1.165) is 54.0 Å². The minimum Gasteiger partial charge on any atom is -0.350 e. The minimum absolute atomic E-state index is 0.0356. The Kier molecular flexibility index (Phi) is 9.27. The number of hydrogen-bond acceptors (Lipinski definition) is 6. The molecule has 0 spiro atoms. The SMILES string of the molecule is CC(C)CC(=O)Nc1cccc(-c2ccc([C@@]3(CC(=O)NOC4CCCCO4)CCCCS3)s2)c1. The van der Waals surface area contributed by atoms with Crippen LogP contribution >= 0.6 is 23.1 Å². The van der Waals surface area contributed by atoms with Crippen LogP contribution in [0.3, 0.4) is 0 Å². The van der Waals surface area contributed by atoms with Gasteiger partial charge in [0.25, 0.3) is 0 Å². The molecule has 3 heterocycles. The highest BCUT2D eigenvalue weighted by Gasteiger charge is 2.38. The Morgan fingerprint density at radius 1 is 1.14 bits per heavy atom. The molecule has 1 aromatic carbocycles. The quantitative estimate of drug-likeness (QED) is 0.373. The lowest BCUT2D eigenvalue weighted by Crippen LogP contribution is -2.37. The van der Waals surface area contributed by atoms with Crippen LogP contribution in [-0.2, 0) is 23.9 Å². The molecule has 6 nitrogen and oxygen atoms in total. The second-order valence-corrected chi connectivity index (χ2v) is 12.4. The van der Waals surface area contributed by atoms with Crippen LogP contribution in [0.1, 0.15) is 70.1 Å². The fraction of sp³-hybridized carbons (Fsp3) is 0.556. The number of thioether (sulfide) groups is 1. The average molecular weight is 517 g/mol. The lowest BCUT2D eigenvalue weighted by Gasteiger charge is -2.35. The fourth-order valence-electron chi connectivity index (χ4n) is 4.58. The van der Waals surface area contributed by atoms with E-state index < -0.39 is 0 Å². The summed E-state index contributed by atoms with van der Waals surface area (Å²) in [4.78, 5) is 33.0. The number of benzene rings is 1. The van der Waals surface area contributed by atoms with Crippen molar-refractivity contribution < 1.29 is 19.2 Å². The molecule has 0 saturated carbocycles. The largest absolute Gasteiger partial charge is 0.350 e.